The Kier molecular flexibility index (Phi) is 5.03. The van der Waals surface area contributed by atoms with Crippen LogP contribution in [0.25, 0.3) is 6.08 Å². The fraction of sp³-hybridized carbons (Fsp3) is 0.118. The molecule has 0 N–H and O–H groups in total. The molecule has 0 aliphatic carbocycles. The summed E-state index contributed by atoms with van der Waals surface area (Å²) in [5.74, 6) is -0.514. The highest BCUT2D eigenvalue weighted by molar-refractivity contribution is 5.89. The van der Waals surface area contributed by atoms with Crippen molar-refractivity contribution in [1.29, 1.82) is 0 Å². The number of non-ortho nitro benzene ring substituents is 1. The van der Waals surface area contributed by atoms with E-state index in [-0.39, 0.29) is 11.3 Å². The van der Waals surface area contributed by atoms with E-state index in [2.05, 4.69) is 0 Å². The molecule has 5 nitrogen and oxygen atoms in total. The van der Waals surface area contributed by atoms with Gasteiger partial charge in [-0.3, -0.25) is 10.1 Å². The Morgan fingerprint density at radius 2 is 1.77 bits per heavy atom. The Labute approximate surface area is 128 Å². The molecule has 2 rings (SSSR count). The maximum atomic E-state index is 11.9. The first-order valence-electron chi connectivity index (χ1n) is 6.75. The summed E-state index contributed by atoms with van der Waals surface area (Å²) in [4.78, 5) is 22.0. The molecule has 1 atom stereocenters. The number of nitro benzene ring substituents is 1. The van der Waals surface area contributed by atoms with E-state index in [0.29, 0.717) is 0 Å². The molecule has 0 heterocycles. The van der Waals surface area contributed by atoms with Gasteiger partial charge in [-0.15, -0.1) is 0 Å². The summed E-state index contributed by atoms with van der Waals surface area (Å²) in [5, 5.41) is 10.6. The maximum Gasteiger partial charge on any atom is 0.338 e. The van der Waals surface area contributed by atoms with Crippen LogP contribution in [0.5, 0.6) is 0 Å². The lowest BCUT2D eigenvalue weighted by Crippen LogP contribution is -2.12. The summed E-state index contributed by atoms with van der Waals surface area (Å²) >= 11 is 0. The van der Waals surface area contributed by atoms with Crippen molar-refractivity contribution in [3.63, 3.8) is 0 Å². The number of hydrogen-bond acceptors (Lipinski definition) is 4. The van der Waals surface area contributed by atoms with Crippen LogP contribution in [0.3, 0.4) is 0 Å². The Morgan fingerprint density at radius 1 is 1.14 bits per heavy atom. The molecule has 2 aromatic carbocycles. The van der Waals surface area contributed by atoms with Crippen LogP contribution in [0, 0.1) is 10.1 Å². The molecule has 0 aliphatic rings. The third kappa shape index (κ3) is 4.28. The van der Waals surface area contributed by atoms with E-state index in [1.54, 1.807) is 13.0 Å². The third-order valence-corrected chi connectivity index (χ3v) is 2.97. The lowest BCUT2D eigenvalue weighted by molar-refractivity contribution is -0.384. The summed E-state index contributed by atoms with van der Waals surface area (Å²) in [7, 11) is 0. The number of benzene rings is 2. The van der Waals surface area contributed by atoms with E-state index in [1.165, 1.54) is 24.3 Å². The molecule has 0 radical (unpaired) electrons. The molecule has 0 saturated heterocycles. The molecule has 0 aliphatic heterocycles. The van der Waals surface area contributed by atoms with Crippen LogP contribution in [0.15, 0.2) is 60.7 Å². The average molecular weight is 297 g/mol. The van der Waals surface area contributed by atoms with Crippen molar-refractivity contribution >= 4 is 17.7 Å². The Bertz CT molecular complexity index is 678. The highest BCUT2D eigenvalue weighted by Crippen LogP contribution is 2.13. The minimum absolute atomic E-state index is 0.0615. The third-order valence-electron chi connectivity index (χ3n) is 2.97. The topological polar surface area (TPSA) is 69.4 Å². The fourth-order valence-electron chi connectivity index (χ4n) is 1.81. The number of nitro groups is 1. The molecule has 1 unspecified atom stereocenters. The Hall–Kier alpha value is -2.95. The molecule has 0 saturated carbocycles. The predicted molar refractivity (Wildman–Crippen MR) is 83.4 cm³/mol. The van der Waals surface area contributed by atoms with Gasteiger partial charge >= 0.3 is 5.97 Å². The zero-order valence-corrected chi connectivity index (χ0v) is 12.0. The molecular formula is C17H15NO4. The zero-order valence-electron chi connectivity index (χ0n) is 12.0. The molecule has 22 heavy (non-hydrogen) atoms. The van der Waals surface area contributed by atoms with E-state index < -0.39 is 17.0 Å². The van der Waals surface area contributed by atoms with Gasteiger partial charge in [0, 0.05) is 12.1 Å². The minimum atomic E-state index is -0.514. The monoisotopic (exact) mass is 297 g/mol. The second-order valence-electron chi connectivity index (χ2n) is 4.68. The average Bonchev–Trinajstić information content (AvgIpc) is 2.54. The number of carbonyl (C=O) groups is 1. The predicted octanol–water partition coefficient (Wildman–Crippen LogP) is 3.85. The maximum absolute atomic E-state index is 11.9. The van der Waals surface area contributed by atoms with Gasteiger partial charge in [0.05, 0.1) is 10.5 Å². The number of carbonyl (C=O) groups excluding carboxylic acids is 1. The molecular weight excluding hydrogens is 282 g/mol. The molecule has 0 bridgehead atoms. The summed E-state index contributed by atoms with van der Waals surface area (Å²) in [6.07, 6.45) is 3.25. The summed E-state index contributed by atoms with van der Waals surface area (Å²) in [6, 6.07) is 15.0. The smallest absolute Gasteiger partial charge is 0.338 e. The van der Waals surface area contributed by atoms with Crippen molar-refractivity contribution < 1.29 is 14.5 Å². The molecule has 112 valence electrons. The highest BCUT2D eigenvalue weighted by atomic mass is 16.6. The van der Waals surface area contributed by atoms with Gasteiger partial charge in [0.15, 0.2) is 0 Å². The van der Waals surface area contributed by atoms with Crippen LogP contribution >= 0.6 is 0 Å². The van der Waals surface area contributed by atoms with Gasteiger partial charge in [-0.05, 0) is 30.7 Å². The number of nitrogens with zero attached hydrogens (tertiary/aromatic N) is 1. The van der Waals surface area contributed by atoms with Crippen molar-refractivity contribution in [3.8, 4) is 0 Å². The van der Waals surface area contributed by atoms with E-state index in [4.69, 9.17) is 4.74 Å². The van der Waals surface area contributed by atoms with Gasteiger partial charge in [0.1, 0.15) is 6.10 Å². The van der Waals surface area contributed by atoms with E-state index in [0.717, 1.165) is 5.56 Å². The van der Waals surface area contributed by atoms with E-state index in [9.17, 15) is 14.9 Å². The van der Waals surface area contributed by atoms with Crippen molar-refractivity contribution in [2.24, 2.45) is 0 Å². The standard InChI is InChI=1S/C17H15NO4/c1-13(7-8-14-5-3-2-4-6-14)22-17(19)15-9-11-16(12-10-15)18(20)21/h2-13H,1H3. The molecule has 2 aromatic rings. The van der Waals surface area contributed by atoms with Gasteiger partial charge in [-0.25, -0.2) is 4.79 Å². The Morgan fingerprint density at radius 3 is 2.36 bits per heavy atom. The van der Waals surface area contributed by atoms with Gasteiger partial charge in [-0.2, -0.15) is 0 Å². The second-order valence-corrected chi connectivity index (χ2v) is 4.68. The van der Waals surface area contributed by atoms with Crippen molar-refractivity contribution in [1.82, 2.24) is 0 Å². The van der Waals surface area contributed by atoms with Gasteiger partial charge in [0.2, 0.25) is 0 Å². The number of rotatable bonds is 5. The van der Waals surface area contributed by atoms with E-state index >= 15 is 0 Å². The molecule has 0 fully saturated rings. The molecule has 0 spiro atoms. The molecule has 0 amide bonds. The highest BCUT2D eigenvalue weighted by Gasteiger charge is 2.12. The molecule has 0 aromatic heterocycles. The van der Waals surface area contributed by atoms with Crippen LogP contribution in [0.1, 0.15) is 22.8 Å². The van der Waals surface area contributed by atoms with Gasteiger partial charge < -0.3 is 4.74 Å². The first kappa shape index (κ1) is 15.4. The second kappa shape index (κ2) is 7.17. The number of hydrogen-bond donors (Lipinski definition) is 0. The summed E-state index contributed by atoms with van der Waals surface area (Å²) in [6.45, 7) is 1.75. The SMILES string of the molecule is CC(C=Cc1ccccc1)OC(=O)c1ccc([N+](=O)[O-])cc1. The van der Waals surface area contributed by atoms with Crippen LogP contribution in [0.4, 0.5) is 5.69 Å². The van der Waals surface area contributed by atoms with Crippen molar-refractivity contribution in [2.75, 3.05) is 0 Å². The van der Waals surface area contributed by atoms with E-state index in [1.807, 2.05) is 36.4 Å². The molecule has 5 heteroatoms. The van der Waals surface area contributed by atoms with Crippen LogP contribution in [-0.2, 0) is 4.74 Å². The van der Waals surface area contributed by atoms with Crippen LogP contribution in [-0.4, -0.2) is 17.0 Å². The van der Waals surface area contributed by atoms with Crippen molar-refractivity contribution in [2.45, 2.75) is 13.0 Å². The first-order chi connectivity index (χ1) is 10.6. The Balaban J connectivity index is 1.96. The largest absolute Gasteiger partial charge is 0.455 e. The zero-order chi connectivity index (χ0) is 15.9. The quantitative estimate of drug-likeness (QED) is 0.477. The minimum Gasteiger partial charge on any atom is -0.455 e. The van der Waals surface area contributed by atoms with Crippen molar-refractivity contribution in [3.05, 3.63) is 81.9 Å². The van der Waals surface area contributed by atoms with Gasteiger partial charge in [0.25, 0.3) is 5.69 Å². The normalized spacial score (nSPS) is 12.0. The number of ether oxygens (including phenoxy) is 1. The van der Waals surface area contributed by atoms with Crippen LogP contribution < -0.4 is 0 Å². The summed E-state index contributed by atoms with van der Waals surface area (Å²) in [5.41, 5.74) is 1.24. The van der Waals surface area contributed by atoms with Crippen LogP contribution in [0.2, 0.25) is 0 Å². The first-order valence-corrected chi connectivity index (χ1v) is 6.75. The number of esters is 1. The fourth-order valence-corrected chi connectivity index (χ4v) is 1.81. The summed E-state index contributed by atoms with van der Waals surface area (Å²) < 4.78 is 5.26. The lowest BCUT2D eigenvalue weighted by Gasteiger charge is -2.09. The van der Waals surface area contributed by atoms with Gasteiger partial charge in [-0.1, -0.05) is 36.4 Å². The lowest BCUT2D eigenvalue weighted by atomic mass is 10.2.